The van der Waals surface area contributed by atoms with Crippen molar-refractivity contribution in [3.63, 3.8) is 0 Å². The van der Waals surface area contributed by atoms with Gasteiger partial charge >= 0.3 is 0 Å². The zero-order valence-electron chi connectivity index (χ0n) is 12.5. The molecule has 0 spiro atoms. The van der Waals surface area contributed by atoms with Crippen molar-refractivity contribution in [2.75, 3.05) is 5.32 Å². The minimum atomic E-state index is -0.357. The van der Waals surface area contributed by atoms with Gasteiger partial charge in [-0.2, -0.15) is 0 Å². The number of aromatic amines is 1. The second kappa shape index (κ2) is 5.88. The standard InChI is InChI=1S/C17H12N6O/c24-16(14-9-8-11-5-1-2-6-12(11)19-14)21-17-20-15(22-23-17)13-7-3-4-10-18-13/h1-10H,(H2,20,21,22,23,24). The molecule has 2 N–H and O–H groups in total. The van der Waals surface area contributed by atoms with E-state index in [9.17, 15) is 4.79 Å². The number of fused-ring (bicyclic) bond motifs is 1. The Balaban J connectivity index is 1.56. The van der Waals surface area contributed by atoms with Gasteiger partial charge in [-0.1, -0.05) is 30.3 Å². The summed E-state index contributed by atoms with van der Waals surface area (Å²) in [7, 11) is 0. The van der Waals surface area contributed by atoms with E-state index in [0.717, 1.165) is 10.9 Å². The van der Waals surface area contributed by atoms with Crippen LogP contribution in [-0.2, 0) is 0 Å². The average Bonchev–Trinajstić information content (AvgIpc) is 3.10. The molecule has 4 rings (SSSR count). The van der Waals surface area contributed by atoms with E-state index >= 15 is 0 Å². The lowest BCUT2D eigenvalue weighted by Gasteiger charge is -2.02. The van der Waals surface area contributed by atoms with Gasteiger partial charge in [-0.3, -0.25) is 15.1 Å². The normalized spacial score (nSPS) is 10.7. The highest BCUT2D eigenvalue weighted by atomic mass is 16.2. The number of benzene rings is 1. The highest BCUT2D eigenvalue weighted by Gasteiger charge is 2.12. The zero-order valence-corrected chi connectivity index (χ0v) is 12.5. The van der Waals surface area contributed by atoms with Crippen LogP contribution in [0.5, 0.6) is 0 Å². The molecule has 3 heterocycles. The van der Waals surface area contributed by atoms with Gasteiger partial charge in [0.25, 0.3) is 5.91 Å². The Hall–Kier alpha value is -3.61. The SMILES string of the molecule is O=C(Nc1nnc(-c2ccccn2)[nH]1)c1ccc2ccccc2n1. The lowest BCUT2D eigenvalue weighted by Crippen LogP contribution is -2.14. The van der Waals surface area contributed by atoms with Crippen LogP contribution in [0.15, 0.2) is 60.8 Å². The van der Waals surface area contributed by atoms with Crippen molar-refractivity contribution in [3.05, 3.63) is 66.5 Å². The van der Waals surface area contributed by atoms with Crippen molar-refractivity contribution in [1.29, 1.82) is 0 Å². The molecule has 7 heteroatoms. The number of carbonyl (C=O) groups excluding carboxylic acids is 1. The summed E-state index contributed by atoms with van der Waals surface area (Å²) in [5.41, 5.74) is 1.72. The third kappa shape index (κ3) is 2.70. The first-order valence-corrected chi connectivity index (χ1v) is 7.31. The lowest BCUT2D eigenvalue weighted by atomic mass is 10.2. The van der Waals surface area contributed by atoms with Gasteiger partial charge in [0.2, 0.25) is 5.95 Å². The van der Waals surface area contributed by atoms with Gasteiger partial charge < -0.3 is 4.98 Å². The minimum absolute atomic E-state index is 0.246. The molecule has 0 saturated heterocycles. The van der Waals surface area contributed by atoms with Crippen LogP contribution in [-0.4, -0.2) is 31.1 Å². The Bertz CT molecular complexity index is 1010. The Kier molecular flexibility index (Phi) is 3.43. The van der Waals surface area contributed by atoms with Gasteiger partial charge in [0, 0.05) is 11.6 Å². The predicted octanol–water partition coefficient (Wildman–Crippen LogP) is 2.67. The number of hydrogen-bond donors (Lipinski definition) is 2. The van der Waals surface area contributed by atoms with E-state index in [2.05, 4.69) is 30.5 Å². The maximum atomic E-state index is 12.3. The fraction of sp³-hybridized carbons (Fsp3) is 0. The molecule has 0 aliphatic heterocycles. The smallest absolute Gasteiger partial charge is 0.276 e. The first kappa shape index (κ1) is 14.0. The van der Waals surface area contributed by atoms with Crippen LogP contribution in [0.25, 0.3) is 22.4 Å². The Morgan fingerprint density at radius 2 is 1.83 bits per heavy atom. The summed E-state index contributed by atoms with van der Waals surface area (Å²) in [4.78, 5) is 23.8. The van der Waals surface area contributed by atoms with Crippen molar-refractivity contribution in [3.8, 4) is 11.5 Å². The Morgan fingerprint density at radius 3 is 2.71 bits per heavy atom. The largest absolute Gasteiger partial charge is 0.306 e. The van der Waals surface area contributed by atoms with E-state index in [4.69, 9.17) is 0 Å². The fourth-order valence-electron chi connectivity index (χ4n) is 2.30. The van der Waals surface area contributed by atoms with Gasteiger partial charge in [0.1, 0.15) is 11.4 Å². The number of H-pyrrole nitrogens is 1. The molecular weight excluding hydrogens is 304 g/mol. The Morgan fingerprint density at radius 1 is 0.958 bits per heavy atom. The third-order valence-electron chi connectivity index (χ3n) is 3.46. The van der Waals surface area contributed by atoms with Gasteiger partial charge in [-0.15, -0.1) is 10.2 Å². The molecule has 24 heavy (non-hydrogen) atoms. The lowest BCUT2D eigenvalue weighted by molar-refractivity contribution is 0.102. The van der Waals surface area contributed by atoms with Gasteiger partial charge in [-0.25, -0.2) is 4.98 Å². The maximum Gasteiger partial charge on any atom is 0.276 e. The molecule has 0 aliphatic carbocycles. The summed E-state index contributed by atoms with van der Waals surface area (Å²) in [5, 5.41) is 11.5. The van der Waals surface area contributed by atoms with Crippen molar-refractivity contribution < 1.29 is 4.79 Å². The summed E-state index contributed by atoms with van der Waals surface area (Å²) in [5.74, 6) is 0.373. The quantitative estimate of drug-likeness (QED) is 0.605. The highest BCUT2D eigenvalue weighted by Crippen LogP contribution is 2.14. The van der Waals surface area contributed by atoms with Crippen LogP contribution in [0, 0.1) is 0 Å². The molecule has 1 aromatic carbocycles. The van der Waals surface area contributed by atoms with E-state index in [1.165, 1.54) is 0 Å². The van der Waals surface area contributed by atoms with Crippen LogP contribution in [0.1, 0.15) is 10.5 Å². The molecule has 0 unspecified atom stereocenters. The van der Waals surface area contributed by atoms with E-state index < -0.39 is 0 Å². The monoisotopic (exact) mass is 316 g/mol. The number of pyridine rings is 2. The van der Waals surface area contributed by atoms with E-state index in [1.807, 2.05) is 42.5 Å². The molecule has 0 saturated carbocycles. The minimum Gasteiger partial charge on any atom is -0.306 e. The third-order valence-corrected chi connectivity index (χ3v) is 3.46. The second-order valence-corrected chi connectivity index (χ2v) is 5.08. The molecule has 0 fully saturated rings. The number of amides is 1. The summed E-state index contributed by atoms with van der Waals surface area (Å²) in [6, 6.07) is 16.6. The number of rotatable bonds is 3. The number of nitrogens with zero attached hydrogens (tertiary/aromatic N) is 4. The summed E-state index contributed by atoms with van der Waals surface area (Å²) >= 11 is 0. The molecule has 0 bridgehead atoms. The molecule has 4 aromatic rings. The second-order valence-electron chi connectivity index (χ2n) is 5.08. The van der Waals surface area contributed by atoms with Crippen LogP contribution in [0.2, 0.25) is 0 Å². The predicted molar refractivity (Wildman–Crippen MR) is 89.3 cm³/mol. The van der Waals surface area contributed by atoms with Crippen molar-refractivity contribution in [1.82, 2.24) is 25.1 Å². The summed E-state index contributed by atoms with van der Waals surface area (Å²) in [6.07, 6.45) is 1.66. The van der Waals surface area contributed by atoms with Crippen molar-refractivity contribution >= 4 is 22.8 Å². The molecule has 0 aliphatic rings. The average molecular weight is 316 g/mol. The van der Waals surface area contributed by atoms with Gasteiger partial charge in [-0.05, 0) is 24.3 Å². The van der Waals surface area contributed by atoms with Crippen molar-refractivity contribution in [2.45, 2.75) is 0 Å². The molecule has 1 amide bonds. The molecule has 3 aromatic heterocycles. The summed E-state index contributed by atoms with van der Waals surface area (Å²) < 4.78 is 0. The van der Waals surface area contributed by atoms with Crippen LogP contribution >= 0.6 is 0 Å². The number of aromatic nitrogens is 5. The molecule has 0 atom stereocenters. The molecule has 0 radical (unpaired) electrons. The fourth-order valence-corrected chi connectivity index (χ4v) is 2.30. The van der Waals surface area contributed by atoms with Crippen LogP contribution in [0.3, 0.4) is 0 Å². The number of nitrogens with one attached hydrogen (secondary N) is 2. The van der Waals surface area contributed by atoms with E-state index in [0.29, 0.717) is 17.2 Å². The first-order valence-electron chi connectivity index (χ1n) is 7.31. The molecular formula is C17H12N6O. The van der Waals surface area contributed by atoms with Gasteiger partial charge in [0.05, 0.1) is 5.52 Å². The molecule has 116 valence electrons. The topological polar surface area (TPSA) is 96.5 Å². The van der Waals surface area contributed by atoms with Gasteiger partial charge in [0.15, 0.2) is 5.82 Å². The first-order chi connectivity index (χ1) is 11.8. The highest BCUT2D eigenvalue weighted by molar-refractivity contribution is 6.03. The molecule has 7 nitrogen and oxygen atoms in total. The Labute approximate surface area is 136 Å². The van der Waals surface area contributed by atoms with Crippen LogP contribution in [0.4, 0.5) is 5.95 Å². The summed E-state index contributed by atoms with van der Waals surface area (Å²) in [6.45, 7) is 0. The zero-order chi connectivity index (χ0) is 16.4. The van der Waals surface area contributed by atoms with E-state index in [-0.39, 0.29) is 11.9 Å². The number of anilines is 1. The number of para-hydroxylation sites is 1. The van der Waals surface area contributed by atoms with Crippen LogP contribution < -0.4 is 5.32 Å². The van der Waals surface area contributed by atoms with E-state index in [1.54, 1.807) is 18.3 Å². The number of hydrogen-bond acceptors (Lipinski definition) is 5. The van der Waals surface area contributed by atoms with Crippen molar-refractivity contribution in [2.24, 2.45) is 0 Å². The number of carbonyl (C=O) groups is 1. The maximum absolute atomic E-state index is 12.3.